The Hall–Kier alpha value is -1.69. The summed E-state index contributed by atoms with van der Waals surface area (Å²) in [6.45, 7) is 0.520. The summed E-state index contributed by atoms with van der Waals surface area (Å²) in [7, 11) is 1.60. The fourth-order valence-corrected chi connectivity index (χ4v) is 2.07. The van der Waals surface area contributed by atoms with Crippen LogP contribution in [0, 0.1) is 5.92 Å². The molecular weight excluding hydrogens is 236 g/mol. The second-order valence-electron chi connectivity index (χ2n) is 4.29. The van der Waals surface area contributed by atoms with Crippen molar-refractivity contribution in [2.24, 2.45) is 5.92 Å². The van der Waals surface area contributed by atoms with Crippen molar-refractivity contribution in [2.75, 3.05) is 13.7 Å². The number of carboxylic acid groups (broad SMARTS) is 1. The zero-order valence-electron chi connectivity index (χ0n) is 10.2. The van der Waals surface area contributed by atoms with Gasteiger partial charge in [-0.3, -0.25) is 4.79 Å². The summed E-state index contributed by atoms with van der Waals surface area (Å²) in [5.41, 5.74) is 0. The summed E-state index contributed by atoms with van der Waals surface area (Å²) in [4.78, 5) is 15.4. The van der Waals surface area contributed by atoms with Crippen molar-refractivity contribution in [1.29, 1.82) is 0 Å². The molecule has 1 aromatic heterocycles. The molecule has 1 N–H and O–H groups in total. The Labute approximate surface area is 105 Å². The maximum Gasteiger partial charge on any atom is 0.307 e. The van der Waals surface area contributed by atoms with E-state index in [0.29, 0.717) is 37.6 Å². The molecule has 1 aliphatic carbocycles. The molecule has 0 aromatic carbocycles. The number of carboxylic acids is 1. The Morgan fingerprint density at radius 3 is 3.06 bits per heavy atom. The van der Waals surface area contributed by atoms with Crippen LogP contribution in [0.3, 0.4) is 0 Å². The summed E-state index contributed by atoms with van der Waals surface area (Å²) in [5.74, 6) is -0.550. The summed E-state index contributed by atoms with van der Waals surface area (Å²) in [5, 5.41) is 13.0. The molecule has 98 valence electrons. The van der Waals surface area contributed by atoms with Gasteiger partial charge in [-0.05, 0) is 12.8 Å². The predicted octanol–water partition coefficient (Wildman–Crippen LogP) is 1.39. The SMILES string of the molecule is COCCc1noc(C2CC=CCC2C(=O)O)n1. The third kappa shape index (κ3) is 2.76. The first-order valence-corrected chi connectivity index (χ1v) is 5.91. The van der Waals surface area contributed by atoms with Crippen LogP contribution in [0.25, 0.3) is 0 Å². The summed E-state index contributed by atoms with van der Waals surface area (Å²) >= 11 is 0. The standard InChI is InChI=1S/C12H16N2O4/c1-17-7-6-10-13-11(18-14-10)8-4-2-3-5-9(8)12(15)16/h2-3,8-9H,4-7H2,1H3,(H,15,16). The van der Waals surface area contributed by atoms with Crippen LogP contribution in [0.5, 0.6) is 0 Å². The van der Waals surface area contributed by atoms with E-state index >= 15 is 0 Å². The van der Waals surface area contributed by atoms with Crippen LogP contribution in [-0.4, -0.2) is 34.9 Å². The third-order valence-electron chi connectivity index (χ3n) is 3.08. The Kier molecular flexibility index (Phi) is 4.09. The van der Waals surface area contributed by atoms with Crippen molar-refractivity contribution in [3.05, 3.63) is 23.9 Å². The molecule has 1 heterocycles. The number of hydrogen-bond donors (Lipinski definition) is 1. The van der Waals surface area contributed by atoms with E-state index in [2.05, 4.69) is 10.1 Å². The number of carbonyl (C=O) groups is 1. The van der Waals surface area contributed by atoms with E-state index in [9.17, 15) is 9.90 Å². The number of rotatable bonds is 5. The lowest BCUT2D eigenvalue weighted by Crippen LogP contribution is -2.23. The topological polar surface area (TPSA) is 85.5 Å². The third-order valence-corrected chi connectivity index (χ3v) is 3.08. The second kappa shape index (κ2) is 5.77. The van der Waals surface area contributed by atoms with Crippen LogP contribution in [0.2, 0.25) is 0 Å². The van der Waals surface area contributed by atoms with Crippen LogP contribution < -0.4 is 0 Å². The molecule has 2 rings (SSSR count). The molecule has 0 spiro atoms. The molecule has 0 saturated heterocycles. The average Bonchev–Trinajstić information content (AvgIpc) is 2.85. The molecule has 0 amide bonds. The minimum atomic E-state index is -0.819. The smallest absolute Gasteiger partial charge is 0.307 e. The van der Waals surface area contributed by atoms with Gasteiger partial charge in [0.1, 0.15) is 0 Å². The van der Waals surface area contributed by atoms with Crippen LogP contribution in [0.4, 0.5) is 0 Å². The molecule has 0 radical (unpaired) electrons. The van der Waals surface area contributed by atoms with Gasteiger partial charge in [-0.2, -0.15) is 4.98 Å². The number of ether oxygens (including phenoxy) is 1. The number of nitrogens with zero attached hydrogens (tertiary/aromatic N) is 2. The van der Waals surface area contributed by atoms with Crippen LogP contribution >= 0.6 is 0 Å². The number of aromatic nitrogens is 2. The minimum Gasteiger partial charge on any atom is -0.481 e. The second-order valence-corrected chi connectivity index (χ2v) is 4.29. The van der Waals surface area contributed by atoms with E-state index in [1.807, 2.05) is 12.2 Å². The van der Waals surface area contributed by atoms with Gasteiger partial charge in [-0.1, -0.05) is 17.3 Å². The predicted molar refractivity (Wildman–Crippen MR) is 62.1 cm³/mol. The van der Waals surface area contributed by atoms with E-state index in [-0.39, 0.29) is 5.92 Å². The maximum absolute atomic E-state index is 11.2. The zero-order valence-corrected chi connectivity index (χ0v) is 10.2. The van der Waals surface area contributed by atoms with Gasteiger partial charge < -0.3 is 14.4 Å². The highest BCUT2D eigenvalue weighted by atomic mass is 16.5. The van der Waals surface area contributed by atoms with E-state index < -0.39 is 11.9 Å². The van der Waals surface area contributed by atoms with Crippen molar-refractivity contribution in [3.63, 3.8) is 0 Å². The van der Waals surface area contributed by atoms with E-state index in [4.69, 9.17) is 9.26 Å². The first-order chi connectivity index (χ1) is 8.72. The molecular formula is C12H16N2O4. The Morgan fingerprint density at radius 2 is 2.33 bits per heavy atom. The van der Waals surface area contributed by atoms with Gasteiger partial charge in [-0.25, -0.2) is 0 Å². The lowest BCUT2D eigenvalue weighted by molar-refractivity contribution is -0.142. The lowest BCUT2D eigenvalue weighted by Gasteiger charge is -2.21. The molecule has 6 nitrogen and oxygen atoms in total. The molecule has 1 aromatic rings. The highest BCUT2D eigenvalue weighted by molar-refractivity contribution is 5.71. The first-order valence-electron chi connectivity index (χ1n) is 5.91. The highest BCUT2D eigenvalue weighted by Gasteiger charge is 2.33. The van der Waals surface area contributed by atoms with Crippen molar-refractivity contribution < 1.29 is 19.2 Å². The molecule has 0 bridgehead atoms. The quantitative estimate of drug-likeness (QED) is 0.797. The number of allylic oxidation sites excluding steroid dienone is 2. The first kappa shape index (κ1) is 12.8. The van der Waals surface area contributed by atoms with Gasteiger partial charge in [-0.15, -0.1) is 0 Å². The van der Waals surface area contributed by atoms with Crippen molar-refractivity contribution in [3.8, 4) is 0 Å². The van der Waals surface area contributed by atoms with Crippen molar-refractivity contribution >= 4 is 5.97 Å². The van der Waals surface area contributed by atoms with E-state index in [1.165, 1.54) is 0 Å². The van der Waals surface area contributed by atoms with Crippen molar-refractivity contribution in [2.45, 2.75) is 25.2 Å². The van der Waals surface area contributed by atoms with Crippen molar-refractivity contribution in [1.82, 2.24) is 10.1 Å². The number of methoxy groups -OCH3 is 1. The van der Waals surface area contributed by atoms with Gasteiger partial charge in [0.25, 0.3) is 0 Å². The average molecular weight is 252 g/mol. The van der Waals surface area contributed by atoms with Crippen LogP contribution in [-0.2, 0) is 16.0 Å². The Bertz CT molecular complexity index is 441. The molecule has 0 saturated carbocycles. The summed E-state index contributed by atoms with van der Waals surface area (Å²) < 4.78 is 10.1. The molecule has 2 unspecified atom stereocenters. The van der Waals surface area contributed by atoms with Crippen LogP contribution in [0.15, 0.2) is 16.7 Å². The molecule has 18 heavy (non-hydrogen) atoms. The Balaban J connectivity index is 2.11. The molecule has 2 atom stereocenters. The maximum atomic E-state index is 11.2. The summed E-state index contributed by atoms with van der Waals surface area (Å²) in [6, 6.07) is 0. The van der Waals surface area contributed by atoms with Gasteiger partial charge in [0, 0.05) is 13.5 Å². The highest BCUT2D eigenvalue weighted by Crippen LogP contribution is 2.33. The number of hydrogen-bond acceptors (Lipinski definition) is 5. The largest absolute Gasteiger partial charge is 0.481 e. The molecule has 1 aliphatic rings. The fourth-order valence-electron chi connectivity index (χ4n) is 2.07. The molecule has 0 aliphatic heterocycles. The molecule has 0 fully saturated rings. The normalized spacial score (nSPS) is 23.2. The number of aliphatic carboxylic acids is 1. The fraction of sp³-hybridized carbons (Fsp3) is 0.583. The monoisotopic (exact) mass is 252 g/mol. The van der Waals surface area contributed by atoms with Gasteiger partial charge in [0.2, 0.25) is 5.89 Å². The zero-order chi connectivity index (χ0) is 13.0. The summed E-state index contributed by atoms with van der Waals surface area (Å²) in [6.07, 6.45) is 5.56. The van der Waals surface area contributed by atoms with E-state index in [1.54, 1.807) is 7.11 Å². The Morgan fingerprint density at radius 1 is 1.56 bits per heavy atom. The van der Waals surface area contributed by atoms with Crippen LogP contribution in [0.1, 0.15) is 30.5 Å². The van der Waals surface area contributed by atoms with Gasteiger partial charge in [0.05, 0.1) is 18.4 Å². The van der Waals surface area contributed by atoms with Gasteiger partial charge >= 0.3 is 5.97 Å². The van der Waals surface area contributed by atoms with Gasteiger partial charge in [0.15, 0.2) is 5.82 Å². The van der Waals surface area contributed by atoms with E-state index in [0.717, 1.165) is 0 Å². The lowest BCUT2D eigenvalue weighted by atomic mass is 9.83. The molecule has 6 heteroatoms. The minimum absolute atomic E-state index is 0.226.